The maximum Gasteiger partial charge on any atom is 0.0991 e. The second-order valence-corrected chi connectivity index (χ2v) is 14.4. The summed E-state index contributed by atoms with van der Waals surface area (Å²) in [6, 6.07) is 74.0. The summed E-state index contributed by atoms with van der Waals surface area (Å²) in [5.41, 5.74) is 7.14. The Balaban J connectivity index is 1.30. The Hall–Kier alpha value is -7.67. The fraction of sp³-hybridized carbons (Fsp3) is 0. The van der Waals surface area contributed by atoms with E-state index in [0.717, 1.165) is 39.5 Å². The number of anilines is 6. The van der Waals surface area contributed by atoms with E-state index in [1.54, 1.807) is 0 Å². The van der Waals surface area contributed by atoms with Crippen molar-refractivity contribution in [3.63, 3.8) is 0 Å². The summed E-state index contributed by atoms with van der Waals surface area (Å²) in [6.45, 7) is 0. The molecule has 0 unspecified atom stereocenters. The van der Waals surface area contributed by atoms with E-state index in [9.17, 15) is 5.26 Å². The summed E-state index contributed by atoms with van der Waals surface area (Å²) in [5.74, 6) is 0. The third-order valence-electron chi connectivity index (χ3n) is 11.3. The lowest BCUT2D eigenvalue weighted by Crippen LogP contribution is -2.12. The molecule has 0 heterocycles. The van der Waals surface area contributed by atoms with Crippen molar-refractivity contribution in [2.24, 2.45) is 0 Å². The van der Waals surface area contributed by atoms with Gasteiger partial charge in [0.25, 0.3) is 0 Å². The number of rotatable bonds is 6. The summed E-state index contributed by atoms with van der Waals surface area (Å²) >= 11 is 0. The van der Waals surface area contributed by atoms with Crippen LogP contribution in [-0.4, -0.2) is 0 Å². The van der Waals surface area contributed by atoms with Crippen LogP contribution in [0.1, 0.15) is 5.56 Å². The Morgan fingerprint density at radius 1 is 0.304 bits per heavy atom. The highest BCUT2D eigenvalue weighted by Gasteiger charge is 2.25. The molecule has 0 N–H and O–H groups in total. The molecule has 11 aromatic carbocycles. The van der Waals surface area contributed by atoms with Crippen LogP contribution < -0.4 is 9.80 Å². The normalized spacial score (nSPS) is 11.6. The van der Waals surface area contributed by atoms with Crippen LogP contribution in [-0.2, 0) is 0 Å². The molecule has 11 rings (SSSR count). The molecule has 0 aliphatic heterocycles. The van der Waals surface area contributed by atoms with Crippen LogP contribution in [0.15, 0.2) is 200 Å². The molecule has 260 valence electrons. The topological polar surface area (TPSA) is 30.3 Å². The molecule has 3 heteroatoms. The fourth-order valence-corrected chi connectivity index (χ4v) is 8.94. The molecule has 56 heavy (non-hydrogen) atoms. The zero-order chi connectivity index (χ0) is 37.2. The summed E-state index contributed by atoms with van der Waals surface area (Å²) in [7, 11) is 0. The minimum atomic E-state index is 0.631. The van der Waals surface area contributed by atoms with E-state index >= 15 is 0 Å². The molecule has 0 fully saturated rings. The summed E-state index contributed by atoms with van der Waals surface area (Å²) in [5, 5.41) is 24.3. The molecule has 0 amide bonds. The SMILES string of the molecule is N#Cc1ccc(N(c2cc3ccccc3c3ccccc23)c2ccc3ccc4ccc(N(c5ccccc5)c5ccccc5)c5c6ccccc6c2c3c45)cc1. The van der Waals surface area contributed by atoms with Gasteiger partial charge in [-0.1, -0.05) is 133 Å². The first kappa shape index (κ1) is 31.8. The molecule has 0 aliphatic rings. The number of nitriles is 1. The highest BCUT2D eigenvalue weighted by molar-refractivity contribution is 6.38. The predicted molar refractivity (Wildman–Crippen MR) is 237 cm³/mol. The van der Waals surface area contributed by atoms with E-state index in [0.29, 0.717) is 5.56 Å². The second kappa shape index (κ2) is 12.7. The van der Waals surface area contributed by atoms with Gasteiger partial charge in [0.15, 0.2) is 0 Å². The predicted octanol–water partition coefficient (Wildman–Crippen LogP) is 14.9. The molecule has 11 aromatic rings. The molecule has 0 saturated carbocycles. The van der Waals surface area contributed by atoms with Crippen molar-refractivity contribution in [2.75, 3.05) is 9.80 Å². The van der Waals surface area contributed by atoms with Crippen LogP contribution in [0.5, 0.6) is 0 Å². The van der Waals surface area contributed by atoms with E-state index < -0.39 is 0 Å². The van der Waals surface area contributed by atoms with Gasteiger partial charge in [-0.2, -0.15) is 5.26 Å². The monoisotopic (exact) mass is 711 g/mol. The van der Waals surface area contributed by atoms with Crippen LogP contribution in [0.2, 0.25) is 0 Å². The number of benzene rings is 11. The molecule has 0 atom stereocenters. The van der Waals surface area contributed by atoms with Gasteiger partial charge in [0, 0.05) is 44.0 Å². The van der Waals surface area contributed by atoms with Gasteiger partial charge in [-0.15, -0.1) is 0 Å². The Kier molecular flexibility index (Phi) is 7.23. The van der Waals surface area contributed by atoms with Gasteiger partial charge in [-0.3, -0.25) is 0 Å². The first-order chi connectivity index (χ1) is 27.8. The summed E-state index contributed by atoms with van der Waals surface area (Å²) in [6.07, 6.45) is 0. The van der Waals surface area contributed by atoms with Crippen LogP contribution in [0, 0.1) is 11.3 Å². The number of hydrogen-bond acceptors (Lipinski definition) is 3. The van der Waals surface area contributed by atoms with E-state index in [-0.39, 0.29) is 0 Å². The fourth-order valence-electron chi connectivity index (χ4n) is 8.94. The van der Waals surface area contributed by atoms with E-state index in [2.05, 4.69) is 204 Å². The van der Waals surface area contributed by atoms with E-state index in [4.69, 9.17) is 0 Å². The Labute approximate surface area is 324 Å². The highest BCUT2D eigenvalue weighted by atomic mass is 15.2. The van der Waals surface area contributed by atoms with Crippen molar-refractivity contribution < 1.29 is 0 Å². The van der Waals surface area contributed by atoms with Crippen LogP contribution in [0.25, 0.3) is 64.6 Å². The van der Waals surface area contributed by atoms with Gasteiger partial charge in [0.05, 0.1) is 28.7 Å². The van der Waals surface area contributed by atoms with Gasteiger partial charge < -0.3 is 9.80 Å². The number of fused-ring (bicyclic) bond motifs is 6. The molecule has 0 aliphatic carbocycles. The average Bonchev–Trinajstić information content (AvgIpc) is 3.27. The number of hydrogen-bond donors (Lipinski definition) is 0. The average molecular weight is 712 g/mol. The summed E-state index contributed by atoms with van der Waals surface area (Å²) in [4.78, 5) is 4.80. The van der Waals surface area contributed by atoms with Crippen LogP contribution in [0.3, 0.4) is 0 Å². The van der Waals surface area contributed by atoms with Gasteiger partial charge in [-0.25, -0.2) is 0 Å². The number of nitrogens with zero attached hydrogens (tertiary/aromatic N) is 3. The molecule has 0 saturated heterocycles. The van der Waals surface area contributed by atoms with Gasteiger partial charge >= 0.3 is 0 Å². The van der Waals surface area contributed by atoms with Crippen molar-refractivity contribution in [1.29, 1.82) is 5.26 Å². The molecule has 0 bridgehead atoms. The van der Waals surface area contributed by atoms with Crippen LogP contribution in [0.4, 0.5) is 34.1 Å². The first-order valence-electron chi connectivity index (χ1n) is 19.0. The third-order valence-corrected chi connectivity index (χ3v) is 11.3. The lowest BCUT2D eigenvalue weighted by molar-refractivity contribution is 1.30. The van der Waals surface area contributed by atoms with Gasteiger partial charge in [0.2, 0.25) is 0 Å². The molecular weight excluding hydrogens is 679 g/mol. The van der Waals surface area contributed by atoms with E-state index in [1.165, 1.54) is 59.2 Å². The van der Waals surface area contributed by atoms with E-state index in [1.807, 2.05) is 12.1 Å². The zero-order valence-corrected chi connectivity index (χ0v) is 30.4. The van der Waals surface area contributed by atoms with Crippen molar-refractivity contribution >= 4 is 98.8 Å². The smallest absolute Gasteiger partial charge is 0.0991 e. The molecule has 0 spiro atoms. The minimum Gasteiger partial charge on any atom is -0.310 e. The molecule has 0 radical (unpaired) electrons. The first-order valence-corrected chi connectivity index (χ1v) is 19.0. The maximum atomic E-state index is 9.82. The van der Waals surface area contributed by atoms with Gasteiger partial charge in [-0.05, 0) is 104 Å². The molecular formula is C53H33N3. The molecule has 3 nitrogen and oxygen atoms in total. The Morgan fingerprint density at radius 2 is 0.750 bits per heavy atom. The van der Waals surface area contributed by atoms with Crippen molar-refractivity contribution in [1.82, 2.24) is 0 Å². The lowest BCUT2D eigenvalue weighted by atomic mass is 9.87. The van der Waals surface area contributed by atoms with Gasteiger partial charge in [0.1, 0.15) is 0 Å². The zero-order valence-electron chi connectivity index (χ0n) is 30.4. The Bertz CT molecular complexity index is 3270. The molecule has 0 aromatic heterocycles. The standard InChI is InChI=1S/C53H33N3/c54-34-35-23-29-41(30-24-35)56(49-33-38-13-7-8-18-42(38)43-19-9-10-20-44(43)49)48-32-28-37-26-25-36-27-31-47(52-45-21-11-12-22-46(45)53(48)51(37)50(36)52)55(39-14-3-1-4-15-39)40-16-5-2-6-17-40/h1-33H. The lowest BCUT2D eigenvalue weighted by Gasteiger charge is -2.31. The third kappa shape index (κ3) is 4.83. The van der Waals surface area contributed by atoms with Crippen molar-refractivity contribution in [3.8, 4) is 6.07 Å². The number of para-hydroxylation sites is 2. The largest absolute Gasteiger partial charge is 0.310 e. The quantitative estimate of drug-likeness (QED) is 0.127. The summed E-state index contributed by atoms with van der Waals surface area (Å²) < 4.78 is 0. The Morgan fingerprint density at radius 3 is 1.32 bits per heavy atom. The minimum absolute atomic E-state index is 0.631. The highest BCUT2D eigenvalue weighted by Crippen LogP contribution is 2.52. The maximum absolute atomic E-state index is 9.82. The van der Waals surface area contributed by atoms with Crippen molar-refractivity contribution in [3.05, 3.63) is 206 Å². The van der Waals surface area contributed by atoms with Crippen molar-refractivity contribution in [2.45, 2.75) is 0 Å². The van der Waals surface area contributed by atoms with Crippen LogP contribution >= 0.6 is 0 Å². The second-order valence-electron chi connectivity index (χ2n) is 14.4.